The summed E-state index contributed by atoms with van der Waals surface area (Å²) in [5.41, 5.74) is 19.1. The molecule has 2 nitrogen and oxygen atoms in total. The van der Waals surface area contributed by atoms with E-state index in [1.807, 2.05) is 0 Å². The van der Waals surface area contributed by atoms with Crippen LogP contribution in [-0.4, -0.2) is 0 Å². The molecule has 0 bridgehead atoms. The van der Waals surface area contributed by atoms with Crippen molar-refractivity contribution >= 4 is 34.1 Å². The van der Waals surface area contributed by atoms with Crippen molar-refractivity contribution in [3.05, 3.63) is 216 Å². The molecule has 0 amide bonds. The normalized spacial score (nSPS) is 11.0. The molecule has 0 heterocycles. The predicted octanol–water partition coefficient (Wildman–Crippen LogP) is 14.9. The zero-order chi connectivity index (χ0) is 37.0. The van der Waals surface area contributed by atoms with Crippen molar-refractivity contribution in [1.29, 1.82) is 0 Å². The highest BCUT2D eigenvalue weighted by molar-refractivity contribution is 5.92. The molecule has 2 heteroatoms. The summed E-state index contributed by atoms with van der Waals surface area (Å²) in [5, 5.41) is 0. The molecule has 0 saturated heterocycles. The van der Waals surface area contributed by atoms with Crippen LogP contribution in [0.4, 0.5) is 34.1 Å². The summed E-state index contributed by atoms with van der Waals surface area (Å²) < 4.78 is 0. The molecule has 0 aliphatic carbocycles. The Morgan fingerprint density at radius 3 is 0.889 bits per heavy atom. The van der Waals surface area contributed by atoms with Gasteiger partial charge in [0, 0.05) is 22.5 Å². The number of nitrogens with zero attached hydrogens (tertiary/aromatic N) is 2. The Hall–Kier alpha value is -6.64. The summed E-state index contributed by atoms with van der Waals surface area (Å²) >= 11 is 0. The fraction of sp³-hybridized carbons (Fsp3) is 0.0769. The summed E-state index contributed by atoms with van der Waals surface area (Å²) in [6, 6.07) is 69.7. The molecule has 0 fully saturated rings. The van der Waals surface area contributed by atoms with Gasteiger partial charge in [0.05, 0.1) is 22.7 Å². The van der Waals surface area contributed by atoms with Crippen molar-refractivity contribution in [2.45, 2.75) is 27.7 Å². The quantitative estimate of drug-likeness (QED) is 0.148. The summed E-state index contributed by atoms with van der Waals surface area (Å²) in [4.78, 5) is 4.86. The Balaban J connectivity index is 1.24. The van der Waals surface area contributed by atoms with E-state index >= 15 is 0 Å². The second-order valence-electron chi connectivity index (χ2n) is 14.0. The molecule has 0 aliphatic rings. The van der Waals surface area contributed by atoms with E-state index < -0.39 is 0 Å². The lowest BCUT2D eigenvalue weighted by Gasteiger charge is -2.32. The van der Waals surface area contributed by atoms with Crippen molar-refractivity contribution in [2.75, 3.05) is 9.80 Å². The molecule has 54 heavy (non-hydrogen) atoms. The van der Waals surface area contributed by atoms with Crippen LogP contribution in [0.1, 0.15) is 22.3 Å². The van der Waals surface area contributed by atoms with Gasteiger partial charge in [0.15, 0.2) is 0 Å². The monoisotopic (exact) mass is 696 g/mol. The number of para-hydroxylation sites is 4. The number of hydrogen-bond donors (Lipinski definition) is 0. The third-order valence-electron chi connectivity index (χ3n) is 10.3. The number of anilines is 6. The Labute approximate surface area is 320 Å². The minimum Gasteiger partial charge on any atom is -0.309 e. The van der Waals surface area contributed by atoms with Gasteiger partial charge in [-0.1, -0.05) is 133 Å². The smallest absolute Gasteiger partial charge is 0.0540 e. The van der Waals surface area contributed by atoms with E-state index in [2.05, 4.69) is 232 Å². The molecule has 0 saturated carbocycles. The van der Waals surface area contributed by atoms with Gasteiger partial charge < -0.3 is 9.80 Å². The van der Waals surface area contributed by atoms with Crippen LogP contribution < -0.4 is 9.80 Å². The summed E-state index contributed by atoms with van der Waals surface area (Å²) in [6.07, 6.45) is 0. The minimum atomic E-state index is 1.13. The van der Waals surface area contributed by atoms with Gasteiger partial charge >= 0.3 is 0 Å². The van der Waals surface area contributed by atoms with Gasteiger partial charge in [0.1, 0.15) is 0 Å². The van der Waals surface area contributed by atoms with Gasteiger partial charge in [-0.15, -0.1) is 0 Å². The number of hydrogen-bond acceptors (Lipinski definition) is 2. The molecule has 8 rings (SSSR count). The van der Waals surface area contributed by atoms with Gasteiger partial charge in [0.2, 0.25) is 0 Å². The molecule has 8 aromatic carbocycles. The van der Waals surface area contributed by atoms with E-state index in [4.69, 9.17) is 0 Å². The van der Waals surface area contributed by atoms with Crippen molar-refractivity contribution in [1.82, 2.24) is 0 Å². The lowest BCUT2D eigenvalue weighted by molar-refractivity contribution is 1.21. The van der Waals surface area contributed by atoms with Crippen LogP contribution in [0.3, 0.4) is 0 Å². The maximum atomic E-state index is 2.43. The first-order valence-electron chi connectivity index (χ1n) is 18.7. The first kappa shape index (κ1) is 34.4. The maximum Gasteiger partial charge on any atom is 0.0540 e. The highest BCUT2D eigenvalue weighted by Crippen LogP contribution is 2.47. The van der Waals surface area contributed by atoms with E-state index in [0.29, 0.717) is 0 Å². The average molecular weight is 697 g/mol. The molecule has 0 N–H and O–H groups in total. The van der Waals surface area contributed by atoms with Crippen molar-refractivity contribution < 1.29 is 0 Å². The Morgan fingerprint density at radius 2 is 0.556 bits per heavy atom. The van der Waals surface area contributed by atoms with Crippen LogP contribution in [0.25, 0.3) is 33.4 Å². The van der Waals surface area contributed by atoms with E-state index in [9.17, 15) is 0 Å². The predicted molar refractivity (Wildman–Crippen MR) is 231 cm³/mol. The molecule has 0 spiro atoms. The molecular formula is C52H44N2. The zero-order valence-corrected chi connectivity index (χ0v) is 31.4. The second kappa shape index (κ2) is 15.1. The van der Waals surface area contributed by atoms with Crippen LogP contribution in [0, 0.1) is 27.7 Å². The summed E-state index contributed by atoms with van der Waals surface area (Å²) in [7, 11) is 0. The molecular weight excluding hydrogens is 653 g/mol. The van der Waals surface area contributed by atoms with Crippen LogP contribution in [-0.2, 0) is 0 Å². The van der Waals surface area contributed by atoms with Gasteiger partial charge in [-0.25, -0.2) is 0 Å². The van der Waals surface area contributed by atoms with E-state index in [-0.39, 0.29) is 0 Å². The lowest BCUT2D eigenvalue weighted by Crippen LogP contribution is -2.14. The highest BCUT2D eigenvalue weighted by Gasteiger charge is 2.23. The zero-order valence-electron chi connectivity index (χ0n) is 31.4. The van der Waals surface area contributed by atoms with Crippen molar-refractivity contribution in [3.8, 4) is 33.4 Å². The fourth-order valence-corrected chi connectivity index (χ4v) is 7.94. The molecule has 0 radical (unpaired) electrons. The number of benzene rings is 8. The van der Waals surface area contributed by atoms with Crippen LogP contribution in [0.15, 0.2) is 194 Å². The largest absolute Gasteiger partial charge is 0.309 e. The lowest BCUT2D eigenvalue weighted by atomic mass is 9.93. The first-order valence-corrected chi connectivity index (χ1v) is 18.7. The topological polar surface area (TPSA) is 6.48 Å². The average Bonchev–Trinajstić information content (AvgIpc) is 3.22. The Bertz CT molecular complexity index is 2300. The molecule has 0 atom stereocenters. The van der Waals surface area contributed by atoms with Crippen molar-refractivity contribution in [2.24, 2.45) is 0 Å². The van der Waals surface area contributed by atoms with E-state index in [0.717, 1.165) is 22.7 Å². The molecule has 0 aromatic heterocycles. The fourth-order valence-electron chi connectivity index (χ4n) is 7.94. The molecule has 262 valence electrons. The van der Waals surface area contributed by atoms with Gasteiger partial charge in [-0.3, -0.25) is 0 Å². The third kappa shape index (κ3) is 6.71. The standard InChI is InChI=1S/C52H44N2/c1-37-33-43(34-38(2)51(37)53(45-25-13-7-14-26-45)49-31-19-17-29-47(49)41-21-9-5-10-22-41)44-35-39(3)52(40(4)36-44)54(46-27-15-8-16-28-46)50-32-20-18-30-48(50)42-23-11-6-12-24-42/h5-36H,1-4H3. The van der Waals surface area contributed by atoms with Crippen LogP contribution >= 0.6 is 0 Å². The van der Waals surface area contributed by atoms with Gasteiger partial charge in [-0.2, -0.15) is 0 Å². The second-order valence-corrected chi connectivity index (χ2v) is 14.0. The SMILES string of the molecule is Cc1cc(-c2cc(C)c(N(c3ccccc3)c3ccccc3-c3ccccc3)c(C)c2)cc(C)c1N(c1ccccc1)c1ccccc1-c1ccccc1. The van der Waals surface area contributed by atoms with Crippen molar-refractivity contribution in [3.63, 3.8) is 0 Å². The number of aryl methyl sites for hydroxylation is 4. The van der Waals surface area contributed by atoms with Gasteiger partial charge in [0.25, 0.3) is 0 Å². The first-order chi connectivity index (χ1) is 26.5. The molecule has 0 aliphatic heterocycles. The van der Waals surface area contributed by atoms with Crippen LogP contribution in [0.2, 0.25) is 0 Å². The van der Waals surface area contributed by atoms with E-state index in [1.54, 1.807) is 0 Å². The minimum absolute atomic E-state index is 1.13. The van der Waals surface area contributed by atoms with Crippen LogP contribution in [0.5, 0.6) is 0 Å². The maximum absolute atomic E-state index is 2.43. The number of rotatable bonds is 9. The summed E-state index contributed by atoms with van der Waals surface area (Å²) in [5.74, 6) is 0. The Kier molecular flexibility index (Phi) is 9.66. The highest BCUT2D eigenvalue weighted by atomic mass is 15.2. The Morgan fingerprint density at radius 1 is 0.278 bits per heavy atom. The van der Waals surface area contributed by atoms with E-state index in [1.165, 1.54) is 67.0 Å². The molecule has 8 aromatic rings. The summed E-state index contributed by atoms with van der Waals surface area (Å²) in [6.45, 7) is 8.99. The molecule has 0 unspecified atom stereocenters. The van der Waals surface area contributed by atoms with Gasteiger partial charge in [-0.05, 0) is 133 Å². The third-order valence-corrected chi connectivity index (χ3v) is 10.3.